The maximum absolute atomic E-state index is 12.0. The number of hydrogen-bond acceptors (Lipinski definition) is 3. The predicted octanol–water partition coefficient (Wildman–Crippen LogP) is 3.60. The summed E-state index contributed by atoms with van der Waals surface area (Å²) in [5, 5.41) is 5.04. The first kappa shape index (κ1) is 19.5. The molecule has 1 aliphatic rings. The number of carbonyl (C=O) groups is 1. The van der Waals surface area contributed by atoms with Crippen molar-refractivity contribution in [3.8, 4) is 0 Å². The number of fused-ring (bicyclic) bond motifs is 1. The first-order valence-corrected chi connectivity index (χ1v) is 10.5. The minimum atomic E-state index is 0.0509. The second kappa shape index (κ2) is 8.70. The van der Waals surface area contributed by atoms with Crippen LogP contribution in [0.25, 0.3) is 10.9 Å². The summed E-state index contributed by atoms with van der Waals surface area (Å²) in [4.78, 5) is 16.1. The van der Waals surface area contributed by atoms with Gasteiger partial charge >= 0.3 is 0 Å². The van der Waals surface area contributed by atoms with Crippen molar-refractivity contribution in [2.24, 2.45) is 0 Å². The van der Waals surface area contributed by atoms with Gasteiger partial charge in [0.2, 0.25) is 0 Å². The Kier molecular flexibility index (Phi) is 5.86. The Morgan fingerprint density at radius 3 is 2.48 bits per heavy atom. The van der Waals surface area contributed by atoms with Crippen molar-refractivity contribution in [3.63, 3.8) is 0 Å². The van der Waals surface area contributed by atoms with Gasteiger partial charge in [0.1, 0.15) is 0 Å². The molecule has 0 bridgehead atoms. The van der Waals surface area contributed by atoms with Crippen LogP contribution in [0.3, 0.4) is 0 Å². The lowest BCUT2D eigenvalue weighted by Gasteiger charge is -2.34. The van der Waals surface area contributed by atoms with Crippen molar-refractivity contribution in [2.75, 3.05) is 38.6 Å². The summed E-state index contributed by atoms with van der Waals surface area (Å²) in [5.74, 6) is 0.0509. The smallest absolute Gasteiger partial charge is 0.253 e. The molecule has 0 unspecified atom stereocenters. The molecular weight excluding hydrogens is 360 g/mol. The molecule has 1 N–H and O–H groups in total. The van der Waals surface area contributed by atoms with Gasteiger partial charge in [-0.2, -0.15) is 0 Å². The number of rotatable bonds is 6. The van der Waals surface area contributed by atoms with Gasteiger partial charge in [0, 0.05) is 69.3 Å². The molecule has 0 radical (unpaired) electrons. The second-order valence-electron chi connectivity index (χ2n) is 8.03. The first-order chi connectivity index (χ1) is 14.1. The molecule has 4 rings (SSSR count). The molecule has 1 aliphatic heterocycles. The molecule has 1 aromatic heterocycles. The van der Waals surface area contributed by atoms with Crippen LogP contribution in [0.5, 0.6) is 0 Å². The highest BCUT2D eigenvalue weighted by Gasteiger charge is 2.19. The van der Waals surface area contributed by atoms with Gasteiger partial charge in [0.25, 0.3) is 5.91 Å². The quantitative estimate of drug-likeness (QED) is 0.699. The third kappa shape index (κ3) is 4.46. The highest BCUT2D eigenvalue weighted by atomic mass is 16.2. The number of benzene rings is 2. The van der Waals surface area contributed by atoms with E-state index in [1.54, 1.807) is 19.0 Å². The van der Waals surface area contributed by atoms with E-state index < -0.39 is 0 Å². The largest absolute Gasteiger partial charge is 0.371 e. The van der Waals surface area contributed by atoms with Crippen LogP contribution in [0.2, 0.25) is 0 Å². The molecule has 152 valence electrons. The Hall–Kier alpha value is -2.79. The Bertz CT molecular complexity index is 952. The molecule has 29 heavy (non-hydrogen) atoms. The maximum Gasteiger partial charge on any atom is 0.253 e. The topological polar surface area (TPSA) is 40.5 Å². The van der Waals surface area contributed by atoms with Crippen LogP contribution in [0.4, 0.5) is 5.69 Å². The van der Waals surface area contributed by atoms with Gasteiger partial charge in [-0.05, 0) is 54.6 Å². The van der Waals surface area contributed by atoms with E-state index in [1.807, 2.05) is 12.1 Å². The van der Waals surface area contributed by atoms with Crippen molar-refractivity contribution in [1.82, 2.24) is 14.8 Å². The molecule has 1 amide bonds. The summed E-state index contributed by atoms with van der Waals surface area (Å²) in [6.45, 7) is 4.08. The number of hydrogen-bond donors (Lipinski definition) is 1. The fraction of sp³-hybridized carbons (Fsp3) is 0.375. The minimum absolute atomic E-state index is 0.0509. The first-order valence-electron chi connectivity index (χ1n) is 10.5. The Labute approximate surface area is 172 Å². The number of para-hydroxylation sites is 1. The highest BCUT2D eigenvalue weighted by molar-refractivity contribution is 5.94. The van der Waals surface area contributed by atoms with E-state index in [2.05, 4.69) is 63.4 Å². The zero-order chi connectivity index (χ0) is 20.2. The number of amides is 1. The summed E-state index contributed by atoms with van der Waals surface area (Å²) in [5.41, 5.74) is 3.26. The lowest BCUT2D eigenvalue weighted by Crippen LogP contribution is -2.43. The fourth-order valence-electron chi connectivity index (χ4n) is 4.14. The average molecular weight is 391 g/mol. The van der Waals surface area contributed by atoms with Gasteiger partial charge in [-0.25, -0.2) is 0 Å². The van der Waals surface area contributed by atoms with Gasteiger partial charge in [0.05, 0.1) is 0 Å². The van der Waals surface area contributed by atoms with Gasteiger partial charge in [-0.1, -0.05) is 18.2 Å². The van der Waals surface area contributed by atoms with E-state index in [9.17, 15) is 4.79 Å². The van der Waals surface area contributed by atoms with Crippen molar-refractivity contribution < 1.29 is 4.79 Å². The monoisotopic (exact) mass is 390 g/mol. The summed E-state index contributed by atoms with van der Waals surface area (Å²) in [6.07, 6.45) is 4.47. The number of carbonyl (C=O) groups excluding carboxylic acids is 1. The molecule has 3 aromatic rings. The van der Waals surface area contributed by atoms with Gasteiger partial charge in [0.15, 0.2) is 0 Å². The van der Waals surface area contributed by atoms with Crippen LogP contribution in [-0.2, 0) is 6.54 Å². The standard InChI is InChI=1S/C24H30N4O/c1-26(2)24(29)20-7-9-22(10-8-20)27-16-12-21(13-17-27)25-14-18-28-15-11-19-5-3-4-6-23(19)28/h3-11,15,21,25H,12-14,16-18H2,1-2H3. The highest BCUT2D eigenvalue weighted by Crippen LogP contribution is 2.21. The third-order valence-corrected chi connectivity index (χ3v) is 5.85. The second-order valence-corrected chi connectivity index (χ2v) is 8.03. The summed E-state index contributed by atoms with van der Waals surface area (Å²) < 4.78 is 2.33. The summed E-state index contributed by atoms with van der Waals surface area (Å²) >= 11 is 0. The van der Waals surface area contributed by atoms with E-state index in [0.717, 1.165) is 44.6 Å². The molecular formula is C24H30N4O. The number of nitrogens with one attached hydrogen (secondary N) is 1. The lowest BCUT2D eigenvalue weighted by molar-refractivity contribution is 0.0827. The summed E-state index contributed by atoms with van der Waals surface area (Å²) in [7, 11) is 3.57. The average Bonchev–Trinajstić information content (AvgIpc) is 3.17. The molecule has 1 fully saturated rings. The molecule has 2 aromatic carbocycles. The maximum atomic E-state index is 12.0. The SMILES string of the molecule is CN(C)C(=O)c1ccc(N2CCC(NCCn3ccc4ccccc43)CC2)cc1. The normalized spacial score (nSPS) is 15.0. The van der Waals surface area contributed by atoms with Crippen molar-refractivity contribution in [2.45, 2.75) is 25.4 Å². The number of anilines is 1. The number of aromatic nitrogens is 1. The molecule has 1 saturated heterocycles. The van der Waals surface area contributed by atoms with Crippen LogP contribution in [-0.4, -0.2) is 55.1 Å². The molecule has 5 heteroatoms. The van der Waals surface area contributed by atoms with E-state index >= 15 is 0 Å². The lowest BCUT2D eigenvalue weighted by atomic mass is 10.0. The Morgan fingerprint density at radius 1 is 1.03 bits per heavy atom. The van der Waals surface area contributed by atoms with E-state index in [-0.39, 0.29) is 5.91 Å². The van der Waals surface area contributed by atoms with Gasteiger partial charge in [-0.15, -0.1) is 0 Å². The zero-order valence-electron chi connectivity index (χ0n) is 17.3. The molecule has 0 spiro atoms. The molecule has 5 nitrogen and oxygen atoms in total. The van der Waals surface area contributed by atoms with Crippen LogP contribution in [0, 0.1) is 0 Å². The van der Waals surface area contributed by atoms with E-state index in [0.29, 0.717) is 6.04 Å². The van der Waals surface area contributed by atoms with E-state index in [4.69, 9.17) is 0 Å². The van der Waals surface area contributed by atoms with Crippen molar-refractivity contribution in [3.05, 3.63) is 66.4 Å². The van der Waals surface area contributed by atoms with Crippen LogP contribution < -0.4 is 10.2 Å². The number of piperidine rings is 1. The van der Waals surface area contributed by atoms with Crippen LogP contribution in [0.15, 0.2) is 60.8 Å². The number of nitrogens with zero attached hydrogens (tertiary/aromatic N) is 3. The predicted molar refractivity (Wildman–Crippen MR) is 120 cm³/mol. The van der Waals surface area contributed by atoms with Crippen LogP contribution >= 0.6 is 0 Å². The van der Waals surface area contributed by atoms with E-state index in [1.165, 1.54) is 16.6 Å². The Balaban J connectivity index is 1.25. The minimum Gasteiger partial charge on any atom is -0.371 e. The van der Waals surface area contributed by atoms with Crippen LogP contribution in [0.1, 0.15) is 23.2 Å². The molecule has 0 saturated carbocycles. The third-order valence-electron chi connectivity index (χ3n) is 5.85. The fourth-order valence-corrected chi connectivity index (χ4v) is 4.14. The zero-order valence-corrected chi connectivity index (χ0v) is 17.3. The molecule has 2 heterocycles. The molecule has 0 aliphatic carbocycles. The summed E-state index contributed by atoms with van der Waals surface area (Å²) in [6, 6.07) is 19.3. The van der Waals surface area contributed by atoms with Crippen molar-refractivity contribution in [1.29, 1.82) is 0 Å². The Morgan fingerprint density at radius 2 is 1.76 bits per heavy atom. The van der Waals surface area contributed by atoms with Gasteiger partial charge in [-0.3, -0.25) is 4.79 Å². The van der Waals surface area contributed by atoms with Gasteiger partial charge < -0.3 is 19.7 Å². The van der Waals surface area contributed by atoms with Crippen molar-refractivity contribution >= 4 is 22.5 Å². The molecule has 0 atom stereocenters.